The number of rotatable bonds is 4. The van der Waals surface area contributed by atoms with Crippen molar-refractivity contribution in [3.63, 3.8) is 0 Å². The van der Waals surface area contributed by atoms with E-state index < -0.39 is 7.26 Å². The minimum absolute atomic E-state index is 0. The van der Waals surface area contributed by atoms with E-state index in [0.29, 0.717) is 0 Å². The van der Waals surface area contributed by atoms with Crippen molar-refractivity contribution in [3.05, 3.63) is 121 Å². The van der Waals surface area contributed by atoms with E-state index >= 15 is 0 Å². The van der Waals surface area contributed by atoms with Crippen molar-refractivity contribution in [1.29, 1.82) is 0 Å². The fourth-order valence-electron chi connectivity index (χ4n) is 3.69. The van der Waals surface area contributed by atoms with Gasteiger partial charge in [-0.25, -0.2) is 0 Å². The summed E-state index contributed by atoms with van der Waals surface area (Å²) in [5.74, 6) is 0. The van der Waals surface area contributed by atoms with E-state index in [1.54, 1.807) is 0 Å². The largest absolute Gasteiger partial charge is 1.00 e. The van der Waals surface area contributed by atoms with Gasteiger partial charge in [-0.05, 0) is 61.0 Å². The van der Waals surface area contributed by atoms with Gasteiger partial charge >= 0.3 is 0 Å². The van der Waals surface area contributed by atoms with Gasteiger partial charge in [0.05, 0.1) is 0 Å². The predicted octanol–water partition coefficient (Wildman–Crippen LogP) is 1.62. The van der Waals surface area contributed by atoms with Crippen LogP contribution in [0.1, 0.15) is 5.56 Å². The predicted molar refractivity (Wildman–Crippen MR) is 116 cm³/mol. The Morgan fingerprint density at radius 2 is 0.815 bits per heavy atom. The zero-order chi connectivity index (χ0) is 17.8. The molecule has 0 saturated carbocycles. The first-order valence-corrected chi connectivity index (χ1v) is 10.7. The molecule has 4 aromatic rings. The highest BCUT2D eigenvalue weighted by Crippen LogP contribution is 2.54. The molecule has 0 spiro atoms. The van der Waals surface area contributed by atoms with Crippen LogP contribution in [0.15, 0.2) is 115 Å². The van der Waals surface area contributed by atoms with Gasteiger partial charge in [-0.2, -0.15) is 0 Å². The van der Waals surface area contributed by atoms with Crippen molar-refractivity contribution in [1.82, 2.24) is 0 Å². The summed E-state index contributed by atoms with van der Waals surface area (Å²) in [6, 6.07) is 42.0. The van der Waals surface area contributed by atoms with Crippen LogP contribution in [0.4, 0.5) is 0 Å². The molecule has 0 aromatic heterocycles. The highest BCUT2D eigenvalue weighted by Gasteiger charge is 2.47. The minimum atomic E-state index is -1.93. The molecule has 0 radical (unpaired) electrons. The first-order valence-electron chi connectivity index (χ1n) is 8.95. The SMILES string of the molecule is Cc1cccc([P+](c2ccccc2)(c2ccccc2)c2ccccc2)c1.[Cl-]. The van der Waals surface area contributed by atoms with Crippen molar-refractivity contribution in [2.24, 2.45) is 0 Å². The average Bonchev–Trinajstić information content (AvgIpc) is 2.71. The molecule has 0 aliphatic rings. The van der Waals surface area contributed by atoms with Gasteiger partial charge in [0.1, 0.15) is 28.5 Å². The molecule has 0 amide bonds. The van der Waals surface area contributed by atoms with Gasteiger partial charge in [0.2, 0.25) is 0 Å². The van der Waals surface area contributed by atoms with Crippen molar-refractivity contribution in [2.75, 3.05) is 0 Å². The highest BCUT2D eigenvalue weighted by molar-refractivity contribution is 8.01. The molecule has 0 unspecified atom stereocenters. The number of halogens is 1. The second kappa shape index (κ2) is 8.53. The van der Waals surface area contributed by atoms with E-state index in [9.17, 15) is 0 Å². The number of hydrogen-bond acceptors (Lipinski definition) is 0. The van der Waals surface area contributed by atoms with Crippen molar-refractivity contribution < 1.29 is 12.4 Å². The van der Waals surface area contributed by atoms with E-state index in [1.807, 2.05) is 0 Å². The molecule has 0 aliphatic carbocycles. The summed E-state index contributed by atoms with van der Waals surface area (Å²) in [6.07, 6.45) is 0. The van der Waals surface area contributed by atoms with Gasteiger partial charge < -0.3 is 12.4 Å². The Morgan fingerprint density at radius 3 is 1.19 bits per heavy atom. The van der Waals surface area contributed by atoms with Crippen LogP contribution in [0.2, 0.25) is 0 Å². The Morgan fingerprint density at radius 1 is 0.444 bits per heavy atom. The molecule has 0 N–H and O–H groups in total. The van der Waals surface area contributed by atoms with Crippen LogP contribution in [-0.2, 0) is 0 Å². The lowest BCUT2D eigenvalue weighted by Crippen LogP contribution is -3.00. The van der Waals surface area contributed by atoms with E-state index in [1.165, 1.54) is 26.8 Å². The molecule has 134 valence electrons. The first-order chi connectivity index (χ1) is 12.8. The van der Waals surface area contributed by atoms with Gasteiger partial charge in [-0.15, -0.1) is 0 Å². The maximum absolute atomic E-state index is 2.36. The summed E-state index contributed by atoms with van der Waals surface area (Å²) in [6.45, 7) is 2.18. The summed E-state index contributed by atoms with van der Waals surface area (Å²) in [5, 5.41) is 5.58. The molecule has 0 atom stereocenters. The van der Waals surface area contributed by atoms with Crippen LogP contribution in [0.3, 0.4) is 0 Å². The van der Waals surface area contributed by atoms with E-state index in [0.717, 1.165) is 0 Å². The van der Waals surface area contributed by atoms with E-state index in [4.69, 9.17) is 0 Å². The van der Waals surface area contributed by atoms with Crippen LogP contribution in [0.5, 0.6) is 0 Å². The monoisotopic (exact) mass is 388 g/mol. The molecule has 0 heterocycles. The van der Waals surface area contributed by atoms with E-state index in [-0.39, 0.29) is 12.4 Å². The van der Waals surface area contributed by atoms with Gasteiger partial charge in [-0.1, -0.05) is 66.7 Å². The zero-order valence-corrected chi connectivity index (χ0v) is 16.9. The van der Waals surface area contributed by atoms with Gasteiger partial charge in [0, 0.05) is 0 Å². The molecule has 0 aliphatic heterocycles. The first kappa shape index (κ1) is 19.4. The van der Waals surface area contributed by atoms with Gasteiger partial charge in [0.25, 0.3) is 0 Å². The quantitative estimate of drug-likeness (QED) is 0.466. The Balaban J connectivity index is 0.00000210. The maximum atomic E-state index is 2.36. The van der Waals surface area contributed by atoms with Crippen LogP contribution in [0.25, 0.3) is 0 Å². The molecule has 0 nitrogen and oxygen atoms in total. The molecule has 0 fully saturated rings. The number of benzene rings is 4. The number of aryl methyl sites for hydroxylation is 1. The summed E-state index contributed by atoms with van der Waals surface area (Å²) in [4.78, 5) is 0. The third-order valence-electron chi connectivity index (χ3n) is 4.82. The summed E-state index contributed by atoms with van der Waals surface area (Å²) >= 11 is 0. The molecule has 4 aromatic carbocycles. The summed E-state index contributed by atoms with van der Waals surface area (Å²) in [7, 11) is -1.93. The lowest BCUT2D eigenvalue weighted by Gasteiger charge is -2.27. The molecule has 0 bridgehead atoms. The molecule has 2 heteroatoms. The van der Waals surface area contributed by atoms with E-state index in [2.05, 4.69) is 122 Å². The zero-order valence-electron chi connectivity index (χ0n) is 15.3. The fourth-order valence-corrected chi connectivity index (χ4v) is 8.04. The van der Waals surface area contributed by atoms with Crippen LogP contribution >= 0.6 is 7.26 Å². The van der Waals surface area contributed by atoms with Crippen LogP contribution < -0.4 is 33.6 Å². The molecular weight excluding hydrogens is 367 g/mol. The second-order valence-corrected chi connectivity index (χ2v) is 9.92. The standard InChI is InChI=1S/C25H22P.ClH/c1-21-12-11-19-25(20-21)26(22-13-5-2-6-14-22,23-15-7-3-8-16-23)24-17-9-4-10-18-24;/h2-20H,1H3;1H/q+1;/p-1. The van der Waals surface area contributed by atoms with Gasteiger partial charge in [-0.3, -0.25) is 0 Å². The highest BCUT2D eigenvalue weighted by atomic mass is 35.5. The van der Waals surface area contributed by atoms with Crippen LogP contribution in [-0.4, -0.2) is 0 Å². The molecule has 4 rings (SSSR count). The normalized spacial score (nSPS) is 10.9. The minimum Gasteiger partial charge on any atom is -1.00 e. The lowest BCUT2D eigenvalue weighted by atomic mass is 10.2. The Hall–Kier alpha value is -2.40. The van der Waals surface area contributed by atoms with Crippen molar-refractivity contribution >= 4 is 28.5 Å². The molecule has 0 saturated heterocycles. The van der Waals surface area contributed by atoms with Crippen molar-refractivity contribution in [3.8, 4) is 0 Å². The second-order valence-electron chi connectivity index (χ2n) is 6.52. The molecular formula is C25H22ClP. The average molecular weight is 389 g/mol. The lowest BCUT2D eigenvalue weighted by molar-refractivity contribution is -0.00000503. The van der Waals surface area contributed by atoms with Gasteiger partial charge in [0.15, 0.2) is 0 Å². The van der Waals surface area contributed by atoms with Crippen molar-refractivity contribution in [2.45, 2.75) is 6.92 Å². The Bertz CT molecular complexity index is 886. The molecule has 27 heavy (non-hydrogen) atoms. The third-order valence-corrected chi connectivity index (χ3v) is 9.09. The summed E-state index contributed by atoms with van der Waals surface area (Å²) in [5.41, 5.74) is 1.30. The third kappa shape index (κ3) is 3.56. The summed E-state index contributed by atoms with van der Waals surface area (Å²) < 4.78 is 0. The Labute approximate surface area is 168 Å². The maximum Gasteiger partial charge on any atom is 0.144 e. The Kier molecular flexibility index (Phi) is 6.11. The topological polar surface area (TPSA) is 0 Å². The fraction of sp³-hybridized carbons (Fsp3) is 0.0400. The smallest absolute Gasteiger partial charge is 0.144 e. The number of hydrogen-bond donors (Lipinski definition) is 0. The van der Waals surface area contributed by atoms with Crippen LogP contribution in [0, 0.1) is 6.92 Å².